The summed E-state index contributed by atoms with van der Waals surface area (Å²) in [5, 5.41) is 27.1. The summed E-state index contributed by atoms with van der Waals surface area (Å²) in [5.74, 6) is 0.342. The number of hydrogen-bond acceptors (Lipinski definition) is 7. The average Bonchev–Trinajstić information content (AvgIpc) is 3.14. The molecule has 0 spiro atoms. The third kappa shape index (κ3) is 3.02. The van der Waals surface area contributed by atoms with E-state index in [4.69, 9.17) is 0 Å². The minimum atomic E-state index is -0.442. The Morgan fingerprint density at radius 1 is 1.23 bits per heavy atom. The van der Waals surface area contributed by atoms with E-state index in [1.807, 2.05) is 20.8 Å². The van der Waals surface area contributed by atoms with Crippen LogP contribution in [0.1, 0.15) is 37.7 Å². The summed E-state index contributed by atoms with van der Waals surface area (Å²) in [6.07, 6.45) is 3.06. The number of azo groups is 1. The van der Waals surface area contributed by atoms with E-state index in [1.54, 1.807) is 13.0 Å². The number of aromatic nitrogens is 6. The molecule has 26 heavy (non-hydrogen) atoms. The van der Waals surface area contributed by atoms with Gasteiger partial charge in [0, 0.05) is 17.8 Å². The van der Waals surface area contributed by atoms with Crippen molar-refractivity contribution < 1.29 is 0 Å². The third-order valence-corrected chi connectivity index (χ3v) is 3.65. The van der Waals surface area contributed by atoms with Crippen molar-refractivity contribution in [2.24, 2.45) is 10.2 Å². The van der Waals surface area contributed by atoms with E-state index in [-0.39, 0.29) is 22.9 Å². The lowest BCUT2D eigenvalue weighted by Crippen LogP contribution is -2.16. The molecule has 0 atom stereocenters. The fourth-order valence-electron chi connectivity index (χ4n) is 2.35. The van der Waals surface area contributed by atoms with E-state index < -0.39 is 5.56 Å². The summed E-state index contributed by atoms with van der Waals surface area (Å²) >= 11 is 0. The highest BCUT2D eigenvalue weighted by molar-refractivity contribution is 5.52. The fourth-order valence-corrected chi connectivity index (χ4v) is 2.35. The van der Waals surface area contributed by atoms with E-state index in [0.717, 1.165) is 0 Å². The van der Waals surface area contributed by atoms with Crippen LogP contribution in [0.25, 0.3) is 5.95 Å². The normalized spacial score (nSPS) is 11.8. The number of H-pyrrole nitrogens is 2. The first kappa shape index (κ1) is 17.2. The van der Waals surface area contributed by atoms with Crippen LogP contribution in [0.2, 0.25) is 0 Å². The molecular weight excluding hydrogens is 334 g/mol. The molecule has 2 N–H and O–H groups in total. The maximum absolute atomic E-state index is 12.5. The largest absolute Gasteiger partial charge is 0.301 e. The summed E-state index contributed by atoms with van der Waals surface area (Å²) in [7, 11) is 0. The predicted molar refractivity (Wildman–Crippen MR) is 92.9 cm³/mol. The quantitative estimate of drug-likeness (QED) is 0.698. The van der Waals surface area contributed by atoms with Gasteiger partial charge in [-0.1, -0.05) is 20.8 Å². The smallest absolute Gasteiger partial charge is 0.290 e. The van der Waals surface area contributed by atoms with Crippen LogP contribution < -0.4 is 5.56 Å². The predicted octanol–water partition coefficient (Wildman–Crippen LogP) is 2.57. The summed E-state index contributed by atoms with van der Waals surface area (Å²) < 4.78 is 1.18. The lowest BCUT2D eigenvalue weighted by Gasteiger charge is -2.15. The maximum Gasteiger partial charge on any atom is 0.301 e. The molecule has 10 heteroatoms. The van der Waals surface area contributed by atoms with Gasteiger partial charge in [0.25, 0.3) is 5.95 Å². The number of nitrogens with zero attached hydrogens (tertiary/aromatic N) is 7. The van der Waals surface area contributed by atoms with Crippen molar-refractivity contribution >= 4 is 11.5 Å². The molecule has 0 radical (unpaired) electrons. The molecule has 0 fully saturated rings. The number of rotatable bonds is 3. The van der Waals surface area contributed by atoms with Crippen LogP contribution in [0.5, 0.6) is 0 Å². The molecular formula is C16H17N9O. The van der Waals surface area contributed by atoms with Crippen molar-refractivity contribution in [2.45, 2.75) is 33.1 Å². The summed E-state index contributed by atoms with van der Waals surface area (Å²) in [6.45, 7) is 7.55. The second kappa shape index (κ2) is 6.36. The van der Waals surface area contributed by atoms with Gasteiger partial charge in [-0.25, -0.2) is 9.97 Å². The Kier molecular flexibility index (Phi) is 4.21. The first-order valence-electron chi connectivity index (χ1n) is 7.82. The Morgan fingerprint density at radius 3 is 2.54 bits per heavy atom. The van der Waals surface area contributed by atoms with Crippen molar-refractivity contribution in [3.05, 3.63) is 45.8 Å². The van der Waals surface area contributed by atoms with Gasteiger partial charge < -0.3 is 0 Å². The highest BCUT2D eigenvalue weighted by Crippen LogP contribution is 2.29. The van der Waals surface area contributed by atoms with Gasteiger partial charge in [0.2, 0.25) is 5.82 Å². The first-order chi connectivity index (χ1) is 12.3. The second-order valence-corrected chi connectivity index (χ2v) is 6.63. The van der Waals surface area contributed by atoms with Crippen LogP contribution in [0.4, 0.5) is 11.5 Å². The molecule has 0 aliphatic carbocycles. The molecule has 0 amide bonds. The molecule has 0 aliphatic heterocycles. The molecule has 0 saturated heterocycles. The minimum absolute atomic E-state index is 0.0988. The van der Waals surface area contributed by atoms with Gasteiger partial charge in [0.05, 0.1) is 11.4 Å². The molecule has 3 rings (SSSR count). The van der Waals surface area contributed by atoms with E-state index in [1.165, 1.54) is 17.1 Å². The molecule has 0 aliphatic rings. The molecule has 10 nitrogen and oxygen atoms in total. The molecule has 3 heterocycles. The third-order valence-electron chi connectivity index (χ3n) is 3.65. The highest BCUT2D eigenvalue weighted by Gasteiger charge is 2.24. The first-order valence-corrected chi connectivity index (χ1v) is 7.82. The average molecular weight is 351 g/mol. The van der Waals surface area contributed by atoms with Crippen molar-refractivity contribution in [3.63, 3.8) is 0 Å². The second-order valence-electron chi connectivity index (χ2n) is 6.63. The van der Waals surface area contributed by atoms with E-state index >= 15 is 0 Å². The van der Waals surface area contributed by atoms with E-state index in [9.17, 15) is 10.1 Å². The van der Waals surface area contributed by atoms with Gasteiger partial charge in [-0.2, -0.15) is 15.0 Å². The van der Waals surface area contributed by atoms with Crippen molar-refractivity contribution in [3.8, 4) is 12.0 Å². The topological polar surface area (TPSA) is 141 Å². The SMILES string of the molecule is Cc1[nH]n(-c2ncccn2)c(=O)c1N=Nc1n[nH]c(C(C)(C)C)c1C#N. The van der Waals surface area contributed by atoms with Gasteiger partial charge in [-0.15, -0.1) is 10.2 Å². The zero-order valence-corrected chi connectivity index (χ0v) is 14.8. The fraction of sp³-hybridized carbons (Fsp3) is 0.312. The van der Waals surface area contributed by atoms with Crippen LogP contribution in [0.3, 0.4) is 0 Å². The zero-order chi connectivity index (χ0) is 18.9. The summed E-state index contributed by atoms with van der Waals surface area (Å²) in [5.41, 5.74) is 0.823. The number of aryl methyl sites for hydroxylation is 1. The van der Waals surface area contributed by atoms with Gasteiger partial charge in [0.1, 0.15) is 11.6 Å². The monoisotopic (exact) mass is 351 g/mol. The van der Waals surface area contributed by atoms with Crippen LogP contribution in [-0.4, -0.2) is 29.9 Å². The Balaban J connectivity index is 2.01. The number of aromatic amines is 2. The van der Waals surface area contributed by atoms with Crippen LogP contribution in [-0.2, 0) is 5.41 Å². The number of nitriles is 1. The number of nitrogens with one attached hydrogen (secondary N) is 2. The van der Waals surface area contributed by atoms with Crippen molar-refractivity contribution in [2.75, 3.05) is 0 Å². The van der Waals surface area contributed by atoms with Crippen LogP contribution in [0.15, 0.2) is 33.5 Å². The van der Waals surface area contributed by atoms with Gasteiger partial charge in [-0.3, -0.25) is 15.0 Å². The van der Waals surface area contributed by atoms with Crippen molar-refractivity contribution in [1.82, 2.24) is 29.9 Å². The Labute approximate surface area is 148 Å². The minimum Gasteiger partial charge on any atom is -0.290 e. The molecule has 3 aromatic rings. The highest BCUT2D eigenvalue weighted by atomic mass is 16.1. The molecule has 0 unspecified atom stereocenters. The lowest BCUT2D eigenvalue weighted by molar-refractivity contribution is 0.565. The van der Waals surface area contributed by atoms with Gasteiger partial charge in [-0.05, 0) is 13.0 Å². The van der Waals surface area contributed by atoms with Crippen LogP contribution in [0, 0.1) is 18.3 Å². The lowest BCUT2D eigenvalue weighted by atomic mass is 9.90. The van der Waals surface area contributed by atoms with Crippen molar-refractivity contribution in [1.29, 1.82) is 5.26 Å². The van der Waals surface area contributed by atoms with E-state index in [2.05, 4.69) is 41.6 Å². The van der Waals surface area contributed by atoms with Crippen LogP contribution >= 0.6 is 0 Å². The molecule has 0 aromatic carbocycles. The summed E-state index contributed by atoms with van der Waals surface area (Å²) in [4.78, 5) is 20.6. The summed E-state index contributed by atoms with van der Waals surface area (Å²) in [6, 6.07) is 3.74. The van der Waals surface area contributed by atoms with Gasteiger partial charge in [0.15, 0.2) is 5.69 Å². The molecule has 0 saturated carbocycles. The molecule has 0 bridgehead atoms. The Bertz CT molecular complexity index is 1060. The Hall–Kier alpha value is -3.61. The maximum atomic E-state index is 12.5. The standard InChI is InChI=1S/C16H17N9O/c1-9-11(14(26)25(24-9)15-18-6-5-7-19-15)20-22-13-10(8-17)12(21-23-13)16(2,3)4/h5-7,24H,1-4H3,(H,21,23). The van der Waals surface area contributed by atoms with E-state index in [0.29, 0.717) is 17.0 Å². The zero-order valence-electron chi connectivity index (χ0n) is 14.8. The number of hydrogen-bond donors (Lipinski definition) is 2. The van der Waals surface area contributed by atoms with Gasteiger partial charge >= 0.3 is 5.56 Å². The molecule has 132 valence electrons. The molecule has 3 aromatic heterocycles. The Morgan fingerprint density at radius 2 is 1.92 bits per heavy atom.